The highest BCUT2D eigenvalue weighted by Crippen LogP contribution is 2.32. The molecular weight excluding hydrogens is 428 g/mol. The Kier molecular flexibility index (Phi) is 5.57. The highest BCUT2D eigenvalue weighted by Gasteiger charge is 2.19. The van der Waals surface area contributed by atoms with Crippen molar-refractivity contribution in [3.05, 3.63) is 59.1 Å². The smallest absolute Gasteiger partial charge is 0.228 e. The number of nitrogens with one attached hydrogen (secondary N) is 1. The lowest BCUT2D eigenvalue weighted by atomic mass is 10.1. The molecule has 0 unspecified atom stereocenters. The minimum absolute atomic E-state index is 0.142. The molecule has 1 amide bonds. The summed E-state index contributed by atoms with van der Waals surface area (Å²) >= 11 is 6.50. The van der Waals surface area contributed by atoms with E-state index in [0.29, 0.717) is 22.0 Å². The number of hydrogen-bond donors (Lipinski definition) is 1. The molecule has 2 aromatic carbocycles. The fourth-order valence-corrected chi connectivity index (χ4v) is 4.37. The van der Waals surface area contributed by atoms with Crippen LogP contribution in [0.25, 0.3) is 22.4 Å². The zero-order chi connectivity index (χ0) is 22.1. The predicted molar refractivity (Wildman–Crippen MR) is 123 cm³/mol. The van der Waals surface area contributed by atoms with Crippen molar-refractivity contribution < 1.29 is 13.9 Å². The van der Waals surface area contributed by atoms with Crippen molar-refractivity contribution in [1.29, 1.82) is 0 Å². The van der Waals surface area contributed by atoms with Crippen LogP contribution in [0.3, 0.4) is 0 Å². The first kappa shape index (κ1) is 20.6. The summed E-state index contributed by atoms with van der Waals surface area (Å²) < 4.78 is 13.0. The lowest BCUT2D eigenvalue weighted by Crippen LogP contribution is -2.14. The maximum absolute atomic E-state index is 12.8. The van der Waals surface area contributed by atoms with Gasteiger partial charge in [-0.2, -0.15) is 0 Å². The largest absolute Gasteiger partial charge is 0.497 e. The van der Waals surface area contributed by atoms with E-state index in [-0.39, 0.29) is 12.3 Å². The minimum Gasteiger partial charge on any atom is -0.497 e. The third kappa shape index (κ3) is 3.96. The highest BCUT2D eigenvalue weighted by atomic mass is 35.5. The van der Waals surface area contributed by atoms with Gasteiger partial charge in [0.1, 0.15) is 17.2 Å². The third-order valence-corrected chi connectivity index (χ3v) is 6.14. The molecule has 5 rings (SSSR count). The molecule has 0 spiro atoms. The molecule has 0 saturated carbocycles. The van der Waals surface area contributed by atoms with Gasteiger partial charge in [0, 0.05) is 41.2 Å². The van der Waals surface area contributed by atoms with Crippen molar-refractivity contribution in [2.75, 3.05) is 12.4 Å². The number of nitrogens with zero attached hydrogens (tertiary/aromatic N) is 3. The first-order valence-corrected chi connectivity index (χ1v) is 11.1. The first-order chi connectivity index (χ1) is 15.6. The number of halogens is 1. The van der Waals surface area contributed by atoms with E-state index in [9.17, 15) is 4.79 Å². The van der Waals surface area contributed by atoms with Gasteiger partial charge in [-0.3, -0.25) is 4.79 Å². The minimum atomic E-state index is -0.142. The summed E-state index contributed by atoms with van der Waals surface area (Å²) in [5.74, 6) is 2.31. The Hall–Kier alpha value is -3.32. The Labute approximate surface area is 190 Å². The Bertz CT molecular complexity index is 1290. The number of benzene rings is 2. The summed E-state index contributed by atoms with van der Waals surface area (Å²) in [6.45, 7) is 0.878. The average molecular weight is 451 g/mol. The number of carbonyl (C=O) groups is 1. The number of fused-ring (bicyclic) bond motifs is 2. The SMILES string of the molecule is COc1ccc2c(CC(=O)Nc3ccc(Cl)c(-c4nnc5n4CCCCC5)c3)coc2c1. The number of rotatable bonds is 5. The number of aryl methyl sites for hydroxylation is 1. The van der Waals surface area contributed by atoms with Gasteiger partial charge in [-0.15, -0.1) is 10.2 Å². The zero-order valence-electron chi connectivity index (χ0n) is 17.7. The molecule has 0 saturated heterocycles. The van der Waals surface area contributed by atoms with Crippen LogP contribution >= 0.6 is 11.6 Å². The van der Waals surface area contributed by atoms with Crippen LogP contribution in [0.5, 0.6) is 5.75 Å². The summed E-state index contributed by atoms with van der Waals surface area (Å²) in [4.78, 5) is 12.8. The van der Waals surface area contributed by atoms with Gasteiger partial charge in [-0.05, 0) is 43.2 Å². The summed E-state index contributed by atoms with van der Waals surface area (Å²) in [5, 5.41) is 13.2. The molecule has 0 radical (unpaired) electrons. The highest BCUT2D eigenvalue weighted by molar-refractivity contribution is 6.33. The monoisotopic (exact) mass is 450 g/mol. The van der Waals surface area contributed by atoms with E-state index >= 15 is 0 Å². The van der Waals surface area contributed by atoms with Gasteiger partial charge in [0.2, 0.25) is 5.91 Å². The van der Waals surface area contributed by atoms with Crippen molar-refractivity contribution in [1.82, 2.24) is 14.8 Å². The quantitative estimate of drug-likeness (QED) is 0.448. The summed E-state index contributed by atoms with van der Waals surface area (Å²) in [6.07, 6.45) is 6.13. The van der Waals surface area contributed by atoms with E-state index in [4.69, 9.17) is 20.8 Å². The lowest BCUT2D eigenvalue weighted by Gasteiger charge is -2.11. The molecule has 164 valence electrons. The fourth-order valence-electron chi connectivity index (χ4n) is 4.16. The second-order valence-corrected chi connectivity index (χ2v) is 8.35. The molecule has 1 N–H and O–H groups in total. The molecule has 32 heavy (non-hydrogen) atoms. The van der Waals surface area contributed by atoms with Crippen LogP contribution in [-0.2, 0) is 24.2 Å². The van der Waals surface area contributed by atoms with E-state index in [1.807, 2.05) is 24.3 Å². The molecular formula is C24H23ClN4O3. The van der Waals surface area contributed by atoms with E-state index in [1.54, 1.807) is 25.5 Å². The third-order valence-electron chi connectivity index (χ3n) is 5.81. The number of methoxy groups -OCH3 is 1. The van der Waals surface area contributed by atoms with Gasteiger partial charge in [0.15, 0.2) is 5.82 Å². The van der Waals surface area contributed by atoms with Crippen LogP contribution in [0.2, 0.25) is 5.02 Å². The van der Waals surface area contributed by atoms with Crippen LogP contribution in [0.4, 0.5) is 5.69 Å². The Morgan fingerprint density at radius 3 is 2.97 bits per heavy atom. The maximum atomic E-state index is 12.8. The molecule has 0 atom stereocenters. The number of furan rings is 1. The van der Waals surface area contributed by atoms with Crippen molar-refractivity contribution in [2.45, 2.75) is 38.6 Å². The molecule has 2 aromatic heterocycles. The normalized spacial score (nSPS) is 13.6. The molecule has 1 aliphatic heterocycles. The van der Waals surface area contributed by atoms with Crippen molar-refractivity contribution in [2.24, 2.45) is 0 Å². The van der Waals surface area contributed by atoms with Gasteiger partial charge in [0.05, 0.1) is 24.8 Å². The Morgan fingerprint density at radius 1 is 1.19 bits per heavy atom. The molecule has 0 fully saturated rings. The van der Waals surface area contributed by atoms with Crippen LogP contribution in [0.1, 0.15) is 30.7 Å². The Balaban J connectivity index is 1.36. The predicted octanol–water partition coefficient (Wildman–Crippen LogP) is 5.26. The molecule has 4 aromatic rings. The second-order valence-electron chi connectivity index (χ2n) is 7.94. The topological polar surface area (TPSA) is 82.2 Å². The number of carbonyl (C=O) groups excluding carboxylic acids is 1. The average Bonchev–Trinajstić information content (AvgIpc) is 3.30. The number of amides is 1. The maximum Gasteiger partial charge on any atom is 0.228 e. The molecule has 3 heterocycles. The summed E-state index contributed by atoms with van der Waals surface area (Å²) in [5.41, 5.74) is 2.94. The molecule has 7 nitrogen and oxygen atoms in total. The van der Waals surface area contributed by atoms with Crippen LogP contribution < -0.4 is 10.1 Å². The fraction of sp³-hybridized carbons (Fsp3) is 0.292. The second kappa shape index (κ2) is 8.67. The van der Waals surface area contributed by atoms with Gasteiger partial charge in [-0.25, -0.2) is 0 Å². The first-order valence-electron chi connectivity index (χ1n) is 10.7. The van der Waals surface area contributed by atoms with E-state index < -0.39 is 0 Å². The Morgan fingerprint density at radius 2 is 2.09 bits per heavy atom. The van der Waals surface area contributed by atoms with Crippen molar-refractivity contribution in [3.8, 4) is 17.1 Å². The standard InChI is InChI=1S/C24H23ClN4O3/c1-31-17-7-8-18-15(14-32-21(18)13-17)11-23(30)26-16-6-9-20(25)19(12-16)24-28-27-22-5-3-2-4-10-29(22)24/h6-9,12-14H,2-5,10-11H2,1H3,(H,26,30). The van der Waals surface area contributed by atoms with Gasteiger partial charge >= 0.3 is 0 Å². The van der Waals surface area contributed by atoms with Crippen LogP contribution in [-0.4, -0.2) is 27.8 Å². The summed E-state index contributed by atoms with van der Waals surface area (Å²) in [7, 11) is 1.61. The number of aromatic nitrogens is 3. The van der Waals surface area contributed by atoms with E-state index in [0.717, 1.165) is 54.0 Å². The van der Waals surface area contributed by atoms with Gasteiger partial charge in [0.25, 0.3) is 0 Å². The molecule has 1 aliphatic rings. The van der Waals surface area contributed by atoms with E-state index in [2.05, 4.69) is 20.1 Å². The molecule has 0 aliphatic carbocycles. The molecule has 0 bridgehead atoms. The van der Waals surface area contributed by atoms with Crippen molar-refractivity contribution in [3.63, 3.8) is 0 Å². The van der Waals surface area contributed by atoms with Crippen LogP contribution in [0, 0.1) is 0 Å². The number of hydrogen-bond acceptors (Lipinski definition) is 5. The zero-order valence-corrected chi connectivity index (χ0v) is 18.5. The number of anilines is 1. The van der Waals surface area contributed by atoms with Gasteiger partial charge in [-0.1, -0.05) is 18.0 Å². The summed E-state index contributed by atoms with van der Waals surface area (Å²) in [6, 6.07) is 11.0. The molecule has 8 heteroatoms. The lowest BCUT2D eigenvalue weighted by molar-refractivity contribution is -0.115. The van der Waals surface area contributed by atoms with Crippen molar-refractivity contribution >= 4 is 34.2 Å². The number of ether oxygens (including phenoxy) is 1. The van der Waals surface area contributed by atoms with E-state index in [1.165, 1.54) is 6.42 Å². The van der Waals surface area contributed by atoms with Crippen LogP contribution in [0.15, 0.2) is 47.1 Å². The van der Waals surface area contributed by atoms with Gasteiger partial charge < -0.3 is 19.0 Å².